The highest BCUT2D eigenvalue weighted by Crippen LogP contribution is 2.33. The van der Waals surface area contributed by atoms with Gasteiger partial charge in [0.05, 0.1) is 13.7 Å². The van der Waals surface area contributed by atoms with Crippen molar-refractivity contribution in [1.29, 1.82) is 0 Å². The Hall–Kier alpha value is -0.0800. The summed E-state index contributed by atoms with van der Waals surface area (Å²) in [5.74, 6) is 0.334. The molecular formula is C11H8I2O2. The van der Waals surface area contributed by atoms with Crippen molar-refractivity contribution in [2.24, 2.45) is 0 Å². The molecule has 0 aliphatic rings. The van der Waals surface area contributed by atoms with E-state index in [1.165, 1.54) is 0 Å². The van der Waals surface area contributed by atoms with Gasteiger partial charge in [0.25, 0.3) is 0 Å². The van der Waals surface area contributed by atoms with E-state index in [-0.39, 0.29) is 6.61 Å². The molecule has 78 valence electrons. The van der Waals surface area contributed by atoms with Crippen molar-refractivity contribution < 1.29 is 10.2 Å². The van der Waals surface area contributed by atoms with Gasteiger partial charge in [-0.2, -0.15) is 0 Å². The predicted molar refractivity (Wildman–Crippen MR) is 77.0 cm³/mol. The van der Waals surface area contributed by atoms with Crippen LogP contribution in [-0.4, -0.2) is 10.2 Å². The van der Waals surface area contributed by atoms with Crippen molar-refractivity contribution in [2.75, 3.05) is 0 Å². The lowest BCUT2D eigenvalue weighted by molar-refractivity contribution is 0.282. The van der Waals surface area contributed by atoms with Crippen LogP contribution in [0.15, 0.2) is 24.3 Å². The van der Waals surface area contributed by atoms with Crippen molar-refractivity contribution in [3.63, 3.8) is 0 Å². The van der Waals surface area contributed by atoms with Crippen molar-refractivity contribution >= 4 is 56.0 Å². The highest BCUT2D eigenvalue weighted by atomic mass is 127. The molecule has 0 atom stereocenters. The first kappa shape index (κ1) is 11.4. The minimum Gasteiger partial charge on any atom is -0.506 e. The van der Waals surface area contributed by atoms with Crippen LogP contribution in [0.1, 0.15) is 5.56 Å². The van der Waals surface area contributed by atoms with Crippen LogP contribution in [0.2, 0.25) is 0 Å². The fourth-order valence-electron chi connectivity index (χ4n) is 1.47. The van der Waals surface area contributed by atoms with Crippen LogP contribution in [0.25, 0.3) is 10.8 Å². The zero-order valence-electron chi connectivity index (χ0n) is 7.67. The second kappa shape index (κ2) is 4.42. The summed E-state index contributed by atoms with van der Waals surface area (Å²) in [5.41, 5.74) is 0.889. The minimum atomic E-state index is 0.0456. The minimum absolute atomic E-state index is 0.0456. The Morgan fingerprint density at radius 1 is 1.13 bits per heavy atom. The van der Waals surface area contributed by atoms with Crippen LogP contribution in [0.4, 0.5) is 0 Å². The summed E-state index contributed by atoms with van der Waals surface area (Å²) < 4.78 is 1.69. The van der Waals surface area contributed by atoms with E-state index in [1.54, 1.807) is 0 Å². The third-order valence-electron chi connectivity index (χ3n) is 2.25. The Kier molecular flexibility index (Phi) is 3.36. The first-order chi connectivity index (χ1) is 7.13. The largest absolute Gasteiger partial charge is 0.506 e. The van der Waals surface area contributed by atoms with Gasteiger partial charge in [0, 0.05) is 0 Å². The Labute approximate surface area is 115 Å². The van der Waals surface area contributed by atoms with Gasteiger partial charge in [-0.3, -0.25) is 0 Å². The van der Waals surface area contributed by atoms with Gasteiger partial charge in [0.15, 0.2) is 0 Å². The summed E-state index contributed by atoms with van der Waals surface area (Å²) in [6.07, 6.45) is 0. The van der Waals surface area contributed by atoms with E-state index in [1.807, 2.05) is 24.3 Å². The van der Waals surface area contributed by atoms with Gasteiger partial charge < -0.3 is 10.2 Å². The summed E-state index contributed by atoms with van der Waals surface area (Å²) in [5, 5.41) is 20.9. The molecule has 0 saturated heterocycles. The number of halogens is 2. The topological polar surface area (TPSA) is 40.5 Å². The number of benzene rings is 2. The zero-order valence-corrected chi connectivity index (χ0v) is 12.0. The normalized spacial score (nSPS) is 10.9. The summed E-state index contributed by atoms with van der Waals surface area (Å²) >= 11 is 4.24. The number of aliphatic hydroxyl groups is 1. The number of hydrogen-bond acceptors (Lipinski definition) is 2. The van der Waals surface area contributed by atoms with E-state index < -0.39 is 0 Å². The van der Waals surface area contributed by atoms with Gasteiger partial charge in [0.1, 0.15) is 5.75 Å². The third-order valence-corrected chi connectivity index (χ3v) is 4.17. The highest BCUT2D eigenvalue weighted by Gasteiger charge is 2.08. The lowest BCUT2D eigenvalue weighted by atomic mass is 10.1. The lowest BCUT2D eigenvalue weighted by Crippen LogP contribution is -1.87. The SMILES string of the molecule is OCc1ccc2c(I)c(O)c(I)cc2c1. The fraction of sp³-hybridized carbons (Fsp3) is 0.0909. The van der Waals surface area contributed by atoms with Crippen molar-refractivity contribution in [2.45, 2.75) is 6.61 Å². The molecule has 0 aliphatic carbocycles. The van der Waals surface area contributed by atoms with Crippen LogP contribution < -0.4 is 0 Å². The van der Waals surface area contributed by atoms with E-state index >= 15 is 0 Å². The summed E-state index contributed by atoms with van der Waals surface area (Å²) in [4.78, 5) is 0. The van der Waals surface area contributed by atoms with E-state index in [4.69, 9.17) is 5.11 Å². The number of fused-ring (bicyclic) bond motifs is 1. The fourth-order valence-corrected chi connectivity index (χ4v) is 3.37. The number of aliphatic hydroxyl groups excluding tert-OH is 1. The molecule has 2 aromatic rings. The van der Waals surface area contributed by atoms with Gasteiger partial charge in [-0.15, -0.1) is 0 Å². The van der Waals surface area contributed by atoms with Crippen LogP contribution in [-0.2, 0) is 6.61 Å². The van der Waals surface area contributed by atoms with Gasteiger partial charge in [0.2, 0.25) is 0 Å². The number of phenolic OH excluding ortho intramolecular Hbond substituents is 1. The Bertz CT molecular complexity index is 523. The van der Waals surface area contributed by atoms with E-state index in [0.717, 1.165) is 23.5 Å². The Balaban J connectivity index is 2.80. The molecule has 2 N–H and O–H groups in total. The van der Waals surface area contributed by atoms with E-state index in [0.29, 0.717) is 5.75 Å². The maximum Gasteiger partial charge on any atom is 0.142 e. The number of hydrogen-bond donors (Lipinski definition) is 2. The predicted octanol–water partition coefficient (Wildman–Crippen LogP) is 3.25. The van der Waals surface area contributed by atoms with E-state index in [9.17, 15) is 5.11 Å². The molecule has 4 heteroatoms. The quantitative estimate of drug-likeness (QED) is 0.688. The molecule has 0 saturated carbocycles. The molecule has 2 aromatic carbocycles. The molecule has 15 heavy (non-hydrogen) atoms. The average molecular weight is 426 g/mol. The Morgan fingerprint density at radius 3 is 2.53 bits per heavy atom. The standard InChI is InChI=1S/C11H8I2O2/c12-9-4-7-3-6(5-14)1-2-8(7)10(13)11(9)15/h1-4,14-15H,5H2. The van der Waals surface area contributed by atoms with Crippen LogP contribution in [0, 0.1) is 7.14 Å². The zero-order chi connectivity index (χ0) is 11.0. The van der Waals surface area contributed by atoms with Crippen LogP contribution >= 0.6 is 45.2 Å². The maximum absolute atomic E-state index is 9.77. The molecule has 0 unspecified atom stereocenters. The van der Waals surface area contributed by atoms with Gasteiger partial charge in [-0.1, -0.05) is 12.1 Å². The number of aromatic hydroxyl groups is 1. The molecule has 0 fully saturated rings. The third kappa shape index (κ3) is 2.07. The second-order valence-electron chi connectivity index (χ2n) is 3.23. The summed E-state index contributed by atoms with van der Waals surface area (Å²) in [7, 11) is 0. The van der Waals surface area contributed by atoms with Crippen molar-refractivity contribution in [3.05, 3.63) is 37.0 Å². The Morgan fingerprint density at radius 2 is 1.87 bits per heavy atom. The molecular weight excluding hydrogens is 418 g/mol. The number of phenols is 1. The monoisotopic (exact) mass is 426 g/mol. The van der Waals surface area contributed by atoms with Crippen LogP contribution in [0.5, 0.6) is 5.75 Å². The van der Waals surface area contributed by atoms with Crippen molar-refractivity contribution in [1.82, 2.24) is 0 Å². The molecule has 0 amide bonds. The smallest absolute Gasteiger partial charge is 0.142 e. The molecule has 0 aliphatic heterocycles. The molecule has 0 aromatic heterocycles. The van der Waals surface area contributed by atoms with Gasteiger partial charge in [-0.25, -0.2) is 0 Å². The summed E-state index contributed by atoms with van der Waals surface area (Å²) in [6.45, 7) is 0.0456. The number of rotatable bonds is 1. The van der Waals surface area contributed by atoms with Gasteiger partial charge in [-0.05, 0) is 73.7 Å². The maximum atomic E-state index is 9.77. The van der Waals surface area contributed by atoms with E-state index in [2.05, 4.69) is 45.2 Å². The first-order valence-corrected chi connectivity index (χ1v) is 6.49. The molecule has 0 heterocycles. The molecule has 0 spiro atoms. The second-order valence-corrected chi connectivity index (χ2v) is 5.48. The molecule has 2 nitrogen and oxygen atoms in total. The van der Waals surface area contributed by atoms with Gasteiger partial charge >= 0.3 is 0 Å². The van der Waals surface area contributed by atoms with Crippen molar-refractivity contribution in [3.8, 4) is 5.75 Å². The molecule has 2 rings (SSSR count). The first-order valence-electron chi connectivity index (χ1n) is 4.34. The average Bonchev–Trinajstić information content (AvgIpc) is 2.25. The van der Waals surface area contributed by atoms with Crippen LogP contribution in [0.3, 0.4) is 0 Å². The highest BCUT2D eigenvalue weighted by molar-refractivity contribution is 14.1. The summed E-state index contributed by atoms with van der Waals surface area (Å²) in [6, 6.07) is 7.67. The molecule has 0 radical (unpaired) electrons. The molecule has 0 bridgehead atoms. The lowest BCUT2D eigenvalue weighted by Gasteiger charge is -2.07.